The van der Waals surface area contributed by atoms with E-state index < -0.39 is 0 Å². The number of nitrogens with zero attached hydrogens (tertiary/aromatic N) is 5. The van der Waals surface area contributed by atoms with Crippen molar-refractivity contribution in [3.05, 3.63) is 41.7 Å². The van der Waals surface area contributed by atoms with Gasteiger partial charge in [0.25, 0.3) is 11.8 Å². The van der Waals surface area contributed by atoms with Gasteiger partial charge in [0.1, 0.15) is 6.61 Å². The summed E-state index contributed by atoms with van der Waals surface area (Å²) in [5.74, 6) is 1.01. The minimum absolute atomic E-state index is 0.00646. The number of ether oxygens (including phenoxy) is 2. The molecule has 4 rings (SSSR count). The van der Waals surface area contributed by atoms with Crippen LogP contribution in [0.2, 0.25) is 0 Å². The highest BCUT2D eigenvalue weighted by Crippen LogP contribution is 2.21. The molecule has 154 valence electrons. The van der Waals surface area contributed by atoms with Gasteiger partial charge in [-0.25, -0.2) is 0 Å². The maximum absolute atomic E-state index is 13.1. The Hall–Kier alpha value is -2.78. The summed E-state index contributed by atoms with van der Waals surface area (Å²) in [6.45, 7) is 2.06. The lowest BCUT2D eigenvalue weighted by Gasteiger charge is -2.32. The molecular formula is C20H25N5O4. The quantitative estimate of drug-likeness (QED) is 0.599. The maximum Gasteiger partial charge on any atom is 0.275 e. The Bertz CT molecular complexity index is 982. The summed E-state index contributed by atoms with van der Waals surface area (Å²) in [6, 6.07) is 7.79. The summed E-state index contributed by atoms with van der Waals surface area (Å²) in [5.41, 5.74) is 1.45. The molecular weight excluding hydrogens is 374 g/mol. The van der Waals surface area contributed by atoms with Crippen molar-refractivity contribution in [3.8, 4) is 0 Å². The normalized spacial score (nSPS) is 17.2. The molecule has 0 radical (unpaired) electrons. The molecule has 1 fully saturated rings. The standard InChI is InChI=1S/C20H25N5O4/c1-24-16-8-4-3-7-15(16)19(22-24)20(26)25-10-5-6-14(12-25)28-11-9-17-21-18(13-27-2)29-23-17/h3-4,7-8,14H,5-6,9-13H2,1-2H3. The summed E-state index contributed by atoms with van der Waals surface area (Å²) < 4.78 is 17.8. The molecule has 1 aliphatic heterocycles. The number of para-hydroxylation sites is 1. The largest absolute Gasteiger partial charge is 0.376 e. The van der Waals surface area contributed by atoms with E-state index in [0.29, 0.717) is 43.6 Å². The van der Waals surface area contributed by atoms with Crippen LogP contribution in [-0.4, -0.2) is 63.6 Å². The number of fused-ring (bicyclic) bond motifs is 1. The molecule has 1 amide bonds. The second-order valence-corrected chi connectivity index (χ2v) is 7.16. The van der Waals surface area contributed by atoms with Gasteiger partial charge in [-0.15, -0.1) is 0 Å². The predicted octanol–water partition coefficient (Wildman–Crippen LogP) is 1.97. The van der Waals surface area contributed by atoms with Crippen molar-refractivity contribution in [1.82, 2.24) is 24.8 Å². The smallest absolute Gasteiger partial charge is 0.275 e. The van der Waals surface area contributed by atoms with Gasteiger partial charge in [0.2, 0.25) is 0 Å². The molecule has 1 atom stereocenters. The minimum atomic E-state index is -0.0440. The summed E-state index contributed by atoms with van der Waals surface area (Å²) in [7, 11) is 3.44. The summed E-state index contributed by atoms with van der Waals surface area (Å²) in [4.78, 5) is 19.2. The molecule has 0 N–H and O–H groups in total. The van der Waals surface area contributed by atoms with E-state index in [1.807, 2.05) is 36.2 Å². The van der Waals surface area contributed by atoms with E-state index >= 15 is 0 Å². The second kappa shape index (κ2) is 8.71. The fourth-order valence-electron chi connectivity index (χ4n) is 3.67. The third-order valence-electron chi connectivity index (χ3n) is 5.08. The molecule has 0 saturated carbocycles. The molecule has 3 aromatic rings. The Morgan fingerprint density at radius 3 is 3.07 bits per heavy atom. The zero-order chi connectivity index (χ0) is 20.2. The molecule has 1 unspecified atom stereocenters. The zero-order valence-electron chi connectivity index (χ0n) is 16.7. The van der Waals surface area contributed by atoms with Crippen molar-refractivity contribution >= 4 is 16.8 Å². The van der Waals surface area contributed by atoms with Gasteiger partial charge < -0.3 is 18.9 Å². The number of aryl methyl sites for hydroxylation is 1. The van der Waals surface area contributed by atoms with Gasteiger partial charge in [-0.3, -0.25) is 9.48 Å². The third-order valence-corrected chi connectivity index (χ3v) is 5.08. The molecule has 1 aromatic carbocycles. The van der Waals surface area contributed by atoms with Crippen molar-refractivity contribution in [2.45, 2.75) is 32.0 Å². The first-order valence-electron chi connectivity index (χ1n) is 9.78. The molecule has 9 nitrogen and oxygen atoms in total. The predicted molar refractivity (Wildman–Crippen MR) is 104 cm³/mol. The van der Waals surface area contributed by atoms with Crippen LogP contribution in [0, 0.1) is 0 Å². The Kier molecular flexibility index (Phi) is 5.86. The van der Waals surface area contributed by atoms with Gasteiger partial charge in [0.05, 0.1) is 18.2 Å². The molecule has 29 heavy (non-hydrogen) atoms. The fourth-order valence-corrected chi connectivity index (χ4v) is 3.67. The van der Waals surface area contributed by atoms with Crippen molar-refractivity contribution in [2.75, 3.05) is 26.8 Å². The number of hydrogen-bond donors (Lipinski definition) is 0. The molecule has 0 spiro atoms. The summed E-state index contributed by atoms with van der Waals surface area (Å²) in [6.07, 6.45) is 2.38. The van der Waals surface area contributed by atoms with Crippen LogP contribution in [0.4, 0.5) is 0 Å². The number of hydrogen-bond acceptors (Lipinski definition) is 7. The average Bonchev–Trinajstić information content (AvgIpc) is 3.33. The van der Waals surface area contributed by atoms with Gasteiger partial charge in [-0.2, -0.15) is 10.1 Å². The van der Waals surface area contributed by atoms with E-state index in [-0.39, 0.29) is 12.0 Å². The van der Waals surface area contributed by atoms with Gasteiger partial charge in [-0.05, 0) is 18.9 Å². The number of carbonyl (C=O) groups excluding carboxylic acids is 1. The lowest BCUT2D eigenvalue weighted by atomic mass is 10.1. The number of aromatic nitrogens is 4. The number of rotatable bonds is 7. The first kappa shape index (κ1) is 19.5. The summed E-state index contributed by atoms with van der Waals surface area (Å²) >= 11 is 0. The van der Waals surface area contributed by atoms with Crippen molar-refractivity contribution in [2.24, 2.45) is 7.05 Å². The van der Waals surface area contributed by atoms with Gasteiger partial charge in [0.15, 0.2) is 11.5 Å². The van der Waals surface area contributed by atoms with Crippen LogP contribution < -0.4 is 0 Å². The number of amides is 1. The van der Waals surface area contributed by atoms with Crippen LogP contribution in [-0.2, 0) is 29.5 Å². The molecule has 1 saturated heterocycles. The number of piperidine rings is 1. The van der Waals surface area contributed by atoms with Crippen LogP contribution in [0.1, 0.15) is 35.0 Å². The van der Waals surface area contributed by atoms with E-state index in [1.165, 1.54) is 0 Å². The molecule has 0 aliphatic carbocycles. The van der Waals surface area contributed by atoms with Gasteiger partial charge >= 0.3 is 0 Å². The number of benzene rings is 1. The van der Waals surface area contributed by atoms with Crippen LogP contribution in [0.3, 0.4) is 0 Å². The first-order valence-corrected chi connectivity index (χ1v) is 9.78. The van der Waals surface area contributed by atoms with Crippen LogP contribution in [0.15, 0.2) is 28.8 Å². The van der Waals surface area contributed by atoms with Gasteiger partial charge in [0, 0.05) is 39.1 Å². The Morgan fingerprint density at radius 1 is 1.34 bits per heavy atom. The van der Waals surface area contributed by atoms with Gasteiger partial charge in [-0.1, -0.05) is 23.4 Å². The number of methoxy groups -OCH3 is 1. The highest BCUT2D eigenvalue weighted by atomic mass is 16.5. The van der Waals surface area contributed by atoms with E-state index in [2.05, 4.69) is 15.2 Å². The fraction of sp³-hybridized carbons (Fsp3) is 0.500. The molecule has 3 heterocycles. The highest BCUT2D eigenvalue weighted by molar-refractivity contribution is 6.04. The topological polar surface area (TPSA) is 95.5 Å². The molecule has 0 bridgehead atoms. The van der Waals surface area contributed by atoms with E-state index in [1.54, 1.807) is 11.8 Å². The van der Waals surface area contributed by atoms with Crippen LogP contribution in [0.25, 0.3) is 10.9 Å². The summed E-state index contributed by atoms with van der Waals surface area (Å²) in [5, 5.41) is 9.25. The second-order valence-electron chi connectivity index (χ2n) is 7.16. The van der Waals surface area contributed by atoms with Crippen molar-refractivity contribution in [1.29, 1.82) is 0 Å². The van der Waals surface area contributed by atoms with E-state index in [9.17, 15) is 4.79 Å². The van der Waals surface area contributed by atoms with Crippen molar-refractivity contribution in [3.63, 3.8) is 0 Å². The SMILES string of the molecule is COCc1nc(CCOC2CCCN(C(=O)c3nn(C)c4ccccc34)C2)no1. The Balaban J connectivity index is 1.34. The molecule has 2 aromatic heterocycles. The zero-order valence-corrected chi connectivity index (χ0v) is 16.7. The monoisotopic (exact) mass is 399 g/mol. The third kappa shape index (κ3) is 4.30. The Labute approximate surface area is 168 Å². The Morgan fingerprint density at radius 2 is 2.21 bits per heavy atom. The van der Waals surface area contributed by atoms with E-state index in [4.69, 9.17) is 14.0 Å². The number of carbonyl (C=O) groups is 1. The maximum atomic E-state index is 13.1. The molecule has 1 aliphatic rings. The minimum Gasteiger partial charge on any atom is -0.376 e. The number of likely N-dealkylation sites (tertiary alicyclic amines) is 1. The van der Waals surface area contributed by atoms with Crippen molar-refractivity contribution < 1.29 is 18.8 Å². The lowest BCUT2D eigenvalue weighted by Crippen LogP contribution is -2.43. The average molecular weight is 399 g/mol. The van der Waals surface area contributed by atoms with E-state index in [0.717, 1.165) is 30.3 Å². The van der Waals surface area contributed by atoms with Crippen LogP contribution >= 0.6 is 0 Å². The molecule has 9 heteroatoms. The first-order chi connectivity index (χ1) is 14.2. The lowest BCUT2D eigenvalue weighted by molar-refractivity contribution is 0.00236. The highest BCUT2D eigenvalue weighted by Gasteiger charge is 2.28. The van der Waals surface area contributed by atoms with Crippen LogP contribution in [0.5, 0.6) is 0 Å².